The molecule has 0 aromatic carbocycles. The van der Waals surface area contributed by atoms with Gasteiger partial charge in [0.25, 0.3) is 0 Å². The van der Waals surface area contributed by atoms with Gasteiger partial charge in [-0.05, 0) is 24.2 Å². The van der Waals surface area contributed by atoms with Gasteiger partial charge in [0.15, 0.2) is 5.82 Å². The monoisotopic (exact) mass is 122 g/mol. The summed E-state index contributed by atoms with van der Waals surface area (Å²) in [7, 11) is 0. The SMILES string of the molecule is Cc1cccc(N=O)n1. The van der Waals surface area contributed by atoms with Crippen LogP contribution < -0.4 is 0 Å². The first kappa shape index (κ1) is 5.88. The van der Waals surface area contributed by atoms with Gasteiger partial charge >= 0.3 is 0 Å². The van der Waals surface area contributed by atoms with Crippen LogP contribution in [0.5, 0.6) is 0 Å². The Morgan fingerprint density at radius 3 is 2.78 bits per heavy atom. The molecule has 1 aromatic heterocycles. The van der Waals surface area contributed by atoms with Gasteiger partial charge in [0.1, 0.15) is 0 Å². The van der Waals surface area contributed by atoms with Gasteiger partial charge < -0.3 is 0 Å². The Balaban J connectivity index is 3.07. The second kappa shape index (κ2) is 2.35. The smallest absolute Gasteiger partial charge is 0.196 e. The van der Waals surface area contributed by atoms with Crippen molar-refractivity contribution in [2.75, 3.05) is 0 Å². The van der Waals surface area contributed by atoms with E-state index < -0.39 is 0 Å². The van der Waals surface area contributed by atoms with Crippen molar-refractivity contribution in [3.8, 4) is 0 Å². The quantitative estimate of drug-likeness (QED) is 0.533. The molecule has 0 N–H and O–H groups in total. The Labute approximate surface area is 52.7 Å². The van der Waals surface area contributed by atoms with Crippen LogP contribution in [0, 0.1) is 11.8 Å². The Morgan fingerprint density at radius 2 is 2.33 bits per heavy atom. The summed E-state index contributed by atoms with van der Waals surface area (Å²) >= 11 is 0. The molecular weight excluding hydrogens is 116 g/mol. The number of hydrogen-bond acceptors (Lipinski definition) is 3. The van der Waals surface area contributed by atoms with Gasteiger partial charge in [-0.2, -0.15) is 0 Å². The van der Waals surface area contributed by atoms with Crippen molar-refractivity contribution in [3.63, 3.8) is 0 Å². The van der Waals surface area contributed by atoms with Crippen LogP contribution >= 0.6 is 0 Å². The third-order valence-corrected chi connectivity index (χ3v) is 0.967. The number of rotatable bonds is 1. The molecule has 3 heteroatoms. The second-order valence-electron chi connectivity index (χ2n) is 1.73. The fourth-order valence-electron chi connectivity index (χ4n) is 0.579. The predicted molar refractivity (Wildman–Crippen MR) is 34.4 cm³/mol. The van der Waals surface area contributed by atoms with Gasteiger partial charge in [-0.15, -0.1) is 4.91 Å². The molecule has 0 fully saturated rings. The van der Waals surface area contributed by atoms with Crippen LogP contribution in [0.4, 0.5) is 5.82 Å². The molecule has 0 atom stereocenters. The van der Waals surface area contributed by atoms with Gasteiger partial charge in [0.05, 0.1) is 0 Å². The third-order valence-electron chi connectivity index (χ3n) is 0.967. The van der Waals surface area contributed by atoms with Gasteiger partial charge in [0, 0.05) is 5.69 Å². The zero-order valence-electron chi connectivity index (χ0n) is 5.03. The molecule has 1 rings (SSSR count). The zero-order chi connectivity index (χ0) is 6.69. The highest BCUT2D eigenvalue weighted by atomic mass is 16.3. The lowest BCUT2D eigenvalue weighted by molar-refractivity contribution is 1.17. The summed E-state index contributed by atoms with van der Waals surface area (Å²) in [6.45, 7) is 1.81. The van der Waals surface area contributed by atoms with Crippen LogP contribution in [0.15, 0.2) is 23.4 Å². The maximum absolute atomic E-state index is 9.85. The minimum atomic E-state index is 0.245. The topological polar surface area (TPSA) is 42.3 Å². The van der Waals surface area contributed by atoms with Crippen molar-refractivity contribution in [1.82, 2.24) is 4.98 Å². The maximum Gasteiger partial charge on any atom is 0.196 e. The van der Waals surface area contributed by atoms with Crippen molar-refractivity contribution in [2.45, 2.75) is 6.92 Å². The summed E-state index contributed by atoms with van der Waals surface area (Å²) in [5.74, 6) is 0.245. The predicted octanol–water partition coefficient (Wildman–Crippen LogP) is 1.79. The molecule has 0 bridgehead atoms. The molecule has 0 saturated heterocycles. The molecule has 0 aliphatic carbocycles. The van der Waals surface area contributed by atoms with E-state index in [2.05, 4.69) is 10.2 Å². The highest BCUT2D eigenvalue weighted by Gasteiger charge is 1.89. The molecule has 1 heterocycles. The molecule has 0 radical (unpaired) electrons. The largest absolute Gasteiger partial charge is 0.231 e. The molecule has 46 valence electrons. The molecule has 0 aliphatic heterocycles. The van der Waals surface area contributed by atoms with Crippen LogP contribution in [0.3, 0.4) is 0 Å². The minimum Gasteiger partial charge on any atom is -0.231 e. The number of nitrogens with zero attached hydrogens (tertiary/aromatic N) is 2. The number of aryl methyl sites for hydroxylation is 1. The normalized spacial score (nSPS) is 9.00. The van der Waals surface area contributed by atoms with E-state index >= 15 is 0 Å². The molecule has 0 saturated carbocycles. The lowest BCUT2D eigenvalue weighted by Gasteiger charge is -1.88. The fourth-order valence-corrected chi connectivity index (χ4v) is 0.579. The van der Waals surface area contributed by atoms with E-state index in [9.17, 15) is 4.91 Å². The van der Waals surface area contributed by atoms with Crippen molar-refractivity contribution in [1.29, 1.82) is 0 Å². The first-order valence-electron chi connectivity index (χ1n) is 2.60. The van der Waals surface area contributed by atoms with E-state index in [0.717, 1.165) is 5.69 Å². The summed E-state index contributed by atoms with van der Waals surface area (Å²) in [6, 6.07) is 5.13. The van der Waals surface area contributed by atoms with Gasteiger partial charge in [-0.3, -0.25) is 0 Å². The van der Waals surface area contributed by atoms with Crippen LogP contribution in [0.1, 0.15) is 5.69 Å². The van der Waals surface area contributed by atoms with Crippen LogP contribution in [0.25, 0.3) is 0 Å². The minimum absolute atomic E-state index is 0.245. The van der Waals surface area contributed by atoms with Crippen molar-refractivity contribution < 1.29 is 0 Å². The summed E-state index contributed by atoms with van der Waals surface area (Å²) in [6.07, 6.45) is 0. The first-order valence-corrected chi connectivity index (χ1v) is 2.60. The van der Waals surface area contributed by atoms with Crippen molar-refractivity contribution in [3.05, 3.63) is 28.8 Å². The average Bonchev–Trinajstić information content (AvgIpc) is 1.88. The maximum atomic E-state index is 9.85. The molecule has 0 aliphatic rings. The molecule has 1 aromatic rings. The highest BCUT2D eigenvalue weighted by molar-refractivity contribution is 5.27. The molecule has 0 spiro atoms. The van der Waals surface area contributed by atoms with Crippen LogP contribution in [-0.2, 0) is 0 Å². The average molecular weight is 122 g/mol. The van der Waals surface area contributed by atoms with E-state index in [1.165, 1.54) is 0 Å². The van der Waals surface area contributed by atoms with Crippen LogP contribution in [0.2, 0.25) is 0 Å². The number of pyridine rings is 1. The first-order chi connectivity index (χ1) is 4.33. The van der Waals surface area contributed by atoms with E-state index in [4.69, 9.17) is 0 Å². The molecule has 0 amide bonds. The third kappa shape index (κ3) is 1.32. The summed E-state index contributed by atoms with van der Waals surface area (Å²) in [5.41, 5.74) is 0.812. The lowest BCUT2D eigenvalue weighted by Crippen LogP contribution is -1.76. The van der Waals surface area contributed by atoms with Crippen molar-refractivity contribution in [2.24, 2.45) is 5.18 Å². The number of hydrogen-bond donors (Lipinski definition) is 0. The number of aromatic nitrogens is 1. The summed E-state index contributed by atoms with van der Waals surface area (Å²) in [4.78, 5) is 13.7. The lowest BCUT2D eigenvalue weighted by atomic mass is 10.4. The highest BCUT2D eigenvalue weighted by Crippen LogP contribution is 2.05. The standard InChI is InChI=1S/C6H6N2O/c1-5-3-2-4-6(7-5)8-9/h2-4H,1H3. The molecular formula is C6H6N2O. The Morgan fingerprint density at radius 1 is 1.56 bits per heavy atom. The van der Waals surface area contributed by atoms with E-state index in [1.54, 1.807) is 12.1 Å². The van der Waals surface area contributed by atoms with Crippen molar-refractivity contribution >= 4 is 5.82 Å². The van der Waals surface area contributed by atoms with Crippen LogP contribution in [-0.4, -0.2) is 4.98 Å². The van der Waals surface area contributed by atoms with Gasteiger partial charge in [-0.25, -0.2) is 4.98 Å². The zero-order valence-corrected chi connectivity index (χ0v) is 5.03. The Bertz CT molecular complexity index is 222. The Kier molecular flexibility index (Phi) is 1.53. The summed E-state index contributed by atoms with van der Waals surface area (Å²) < 4.78 is 0. The number of nitroso groups, excluding NO2 is 1. The second-order valence-corrected chi connectivity index (χ2v) is 1.73. The fraction of sp³-hybridized carbons (Fsp3) is 0.167. The van der Waals surface area contributed by atoms with E-state index in [-0.39, 0.29) is 5.82 Å². The Hall–Kier alpha value is -1.25. The summed E-state index contributed by atoms with van der Waals surface area (Å²) in [5, 5.41) is 2.67. The van der Waals surface area contributed by atoms with E-state index in [0.29, 0.717) is 0 Å². The molecule has 0 unspecified atom stereocenters. The van der Waals surface area contributed by atoms with E-state index in [1.807, 2.05) is 13.0 Å². The molecule has 3 nitrogen and oxygen atoms in total. The molecule has 9 heavy (non-hydrogen) atoms. The van der Waals surface area contributed by atoms with Gasteiger partial charge in [-0.1, -0.05) is 6.07 Å². The van der Waals surface area contributed by atoms with Gasteiger partial charge in [0.2, 0.25) is 0 Å².